The lowest BCUT2D eigenvalue weighted by Crippen LogP contribution is -2.29. The molecule has 2 rings (SSSR count). The van der Waals surface area contributed by atoms with E-state index in [4.69, 9.17) is 18.9 Å². The number of methoxy groups -OCH3 is 3. The summed E-state index contributed by atoms with van der Waals surface area (Å²) in [6, 6.07) is 12.0. The normalized spacial score (nSPS) is 13.0. The first-order valence-electron chi connectivity index (χ1n) is 7.44. The SMILES string of the molecule is COc1cccc(O[C@@H](CO)C(O)c2ccc(OC)c(OC)c2)c1. The van der Waals surface area contributed by atoms with Gasteiger partial charge in [0.15, 0.2) is 17.6 Å². The predicted octanol–water partition coefficient (Wildman–Crippen LogP) is 2.19. The lowest BCUT2D eigenvalue weighted by atomic mass is 10.0. The van der Waals surface area contributed by atoms with Gasteiger partial charge in [0.2, 0.25) is 0 Å². The van der Waals surface area contributed by atoms with Gasteiger partial charge in [0, 0.05) is 6.07 Å². The summed E-state index contributed by atoms with van der Waals surface area (Å²) in [7, 11) is 4.61. The van der Waals surface area contributed by atoms with E-state index in [0.29, 0.717) is 28.6 Å². The third kappa shape index (κ3) is 4.10. The maximum Gasteiger partial charge on any atom is 0.161 e. The molecule has 0 radical (unpaired) electrons. The minimum absolute atomic E-state index is 0.354. The Morgan fingerprint density at radius 2 is 1.58 bits per heavy atom. The minimum atomic E-state index is -1.04. The van der Waals surface area contributed by atoms with Crippen molar-refractivity contribution in [3.63, 3.8) is 0 Å². The topological polar surface area (TPSA) is 77.4 Å². The van der Waals surface area contributed by atoms with Gasteiger partial charge in [0.05, 0.1) is 27.9 Å². The molecule has 130 valence electrons. The molecule has 0 bridgehead atoms. The molecule has 2 aromatic carbocycles. The second kappa shape index (κ2) is 8.42. The summed E-state index contributed by atoms with van der Waals surface area (Å²) in [6.45, 7) is -0.354. The number of hydrogen-bond acceptors (Lipinski definition) is 6. The van der Waals surface area contributed by atoms with Crippen molar-refractivity contribution >= 4 is 0 Å². The highest BCUT2D eigenvalue weighted by atomic mass is 16.5. The molecule has 2 N–H and O–H groups in total. The fourth-order valence-electron chi connectivity index (χ4n) is 2.30. The Morgan fingerprint density at radius 3 is 2.21 bits per heavy atom. The van der Waals surface area contributed by atoms with Gasteiger partial charge in [0.1, 0.15) is 17.6 Å². The number of aliphatic hydroxyl groups excluding tert-OH is 2. The zero-order valence-electron chi connectivity index (χ0n) is 13.9. The van der Waals surface area contributed by atoms with Crippen LogP contribution in [0.5, 0.6) is 23.0 Å². The van der Waals surface area contributed by atoms with Crippen molar-refractivity contribution in [2.45, 2.75) is 12.2 Å². The smallest absolute Gasteiger partial charge is 0.161 e. The molecule has 24 heavy (non-hydrogen) atoms. The molecule has 0 amide bonds. The Bertz CT molecular complexity index is 658. The Labute approximate surface area is 141 Å². The number of ether oxygens (including phenoxy) is 4. The number of aliphatic hydroxyl groups is 2. The van der Waals surface area contributed by atoms with Gasteiger partial charge in [-0.2, -0.15) is 0 Å². The third-order valence-corrected chi connectivity index (χ3v) is 3.61. The van der Waals surface area contributed by atoms with Crippen LogP contribution in [0.25, 0.3) is 0 Å². The Hall–Kier alpha value is -2.44. The molecule has 0 spiro atoms. The van der Waals surface area contributed by atoms with Crippen LogP contribution in [-0.2, 0) is 0 Å². The molecule has 0 aliphatic carbocycles. The van der Waals surface area contributed by atoms with Crippen LogP contribution in [0.4, 0.5) is 0 Å². The average Bonchev–Trinajstić information content (AvgIpc) is 2.65. The van der Waals surface area contributed by atoms with E-state index < -0.39 is 12.2 Å². The summed E-state index contributed by atoms with van der Waals surface area (Å²) in [5.74, 6) is 2.17. The molecule has 2 atom stereocenters. The summed E-state index contributed by atoms with van der Waals surface area (Å²) in [5, 5.41) is 20.1. The average molecular weight is 334 g/mol. The standard InChI is InChI=1S/C18H22O6/c1-21-13-5-4-6-14(10-13)24-17(11-19)18(20)12-7-8-15(22-2)16(9-12)23-3/h4-10,17-20H,11H2,1-3H3/t17-,18?/m0/s1. The first kappa shape index (κ1) is 17.9. The molecule has 0 aliphatic rings. The van der Waals surface area contributed by atoms with Crippen LogP contribution in [0.3, 0.4) is 0 Å². The largest absolute Gasteiger partial charge is 0.497 e. The van der Waals surface area contributed by atoms with Crippen molar-refractivity contribution < 1.29 is 29.2 Å². The molecule has 0 aliphatic heterocycles. The van der Waals surface area contributed by atoms with E-state index in [2.05, 4.69) is 0 Å². The molecule has 0 fully saturated rings. The van der Waals surface area contributed by atoms with Gasteiger partial charge in [-0.15, -0.1) is 0 Å². The molecule has 2 aromatic rings. The van der Waals surface area contributed by atoms with Crippen LogP contribution >= 0.6 is 0 Å². The fraction of sp³-hybridized carbons (Fsp3) is 0.333. The van der Waals surface area contributed by atoms with Crippen molar-refractivity contribution in [1.29, 1.82) is 0 Å². The summed E-state index contributed by atoms with van der Waals surface area (Å²) in [5.41, 5.74) is 0.551. The Morgan fingerprint density at radius 1 is 0.875 bits per heavy atom. The van der Waals surface area contributed by atoms with Crippen molar-refractivity contribution in [3.8, 4) is 23.0 Å². The van der Waals surface area contributed by atoms with Crippen molar-refractivity contribution in [1.82, 2.24) is 0 Å². The van der Waals surface area contributed by atoms with Crippen LogP contribution in [-0.4, -0.2) is 44.3 Å². The number of hydrogen-bond donors (Lipinski definition) is 2. The molecule has 0 saturated carbocycles. The van der Waals surface area contributed by atoms with Crippen LogP contribution in [0.15, 0.2) is 42.5 Å². The maximum absolute atomic E-state index is 10.5. The summed E-state index contributed by atoms with van der Waals surface area (Å²) < 4.78 is 21.2. The molecule has 6 nitrogen and oxygen atoms in total. The highest BCUT2D eigenvalue weighted by Crippen LogP contribution is 2.32. The van der Waals surface area contributed by atoms with E-state index in [1.165, 1.54) is 14.2 Å². The zero-order chi connectivity index (χ0) is 17.5. The molecular weight excluding hydrogens is 312 g/mol. The second-order valence-electron chi connectivity index (χ2n) is 5.08. The molecule has 0 saturated heterocycles. The van der Waals surface area contributed by atoms with Crippen LogP contribution in [0, 0.1) is 0 Å². The Balaban J connectivity index is 2.20. The van der Waals surface area contributed by atoms with E-state index in [0.717, 1.165) is 0 Å². The number of rotatable bonds is 8. The third-order valence-electron chi connectivity index (χ3n) is 3.61. The van der Waals surface area contributed by atoms with E-state index in [1.54, 1.807) is 49.6 Å². The lowest BCUT2D eigenvalue weighted by molar-refractivity contribution is 0.000570. The first-order chi connectivity index (χ1) is 11.6. The minimum Gasteiger partial charge on any atom is -0.497 e. The monoisotopic (exact) mass is 334 g/mol. The van der Waals surface area contributed by atoms with Crippen LogP contribution < -0.4 is 18.9 Å². The summed E-state index contributed by atoms with van der Waals surface area (Å²) in [6.07, 6.45) is -1.88. The van der Waals surface area contributed by atoms with Gasteiger partial charge in [-0.3, -0.25) is 0 Å². The zero-order valence-corrected chi connectivity index (χ0v) is 13.9. The van der Waals surface area contributed by atoms with Crippen LogP contribution in [0.1, 0.15) is 11.7 Å². The fourth-order valence-corrected chi connectivity index (χ4v) is 2.30. The van der Waals surface area contributed by atoms with E-state index in [1.807, 2.05) is 0 Å². The van der Waals surface area contributed by atoms with Gasteiger partial charge in [-0.25, -0.2) is 0 Å². The molecule has 0 heterocycles. The molecule has 1 unspecified atom stereocenters. The van der Waals surface area contributed by atoms with Crippen molar-refractivity contribution in [3.05, 3.63) is 48.0 Å². The summed E-state index contributed by atoms with van der Waals surface area (Å²) >= 11 is 0. The van der Waals surface area contributed by atoms with Crippen molar-refractivity contribution in [2.75, 3.05) is 27.9 Å². The molecular formula is C18H22O6. The van der Waals surface area contributed by atoms with E-state index in [-0.39, 0.29) is 6.61 Å². The number of benzene rings is 2. The van der Waals surface area contributed by atoms with Gasteiger partial charge in [-0.1, -0.05) is 12.1 Å². The van der Waals surface area contributed by atoms with E-state index >= 15 is 0 Å². The Kier molecular flexibility index (Phi) is 6.28. The lowest BCUT2D eigenvalue weighted by Gasteiger charge is -2.23. The second-order valence-corrected chi connectivity index (χ2v) is 5.08. The predicted molar refractivity (Wildman–Crippen MR) is 89.0 cm³/mol. The van der Waals surface area contributed by atoms with Crippen molar-refractivity contribution in [2.24, 2.45) is 0 Å². The highest BCUT2D eigenvalue weighted by molar-refractivity contribution is 5.43. The van der Waals surface area contributed by atoms with Crippen LogP contribution in [0.2, 0.25) is 0 Å². The van der Waals surface area contributed by atoms with Gasteiger partial charge in [-0.05, 0) is 29.8 Å². The van der Waals surface area contributed by atoms with Gasteiger partial charge < -0.3 is 29.2 Å². The molecule has 6 heteroatoms. The maximum atomic E-state index is 10.5. The first-order valence-corrected chi connectivity index (χ1v) is 7.44. The molecule has 0 aromatic heterocycles. The van der Waals surface area contributed by atoms with Gasteiger partial charge in [0.25, 0.3) is 0 Å². The van der Waals surface area contributed by atoms with E-state index in [9.17, 15) is 10.2 Å². The quantitative estimate of drug-likeness (QED) is 0.770. The summed E-state index contributed by atoms with van der Waals surface area (Å²) in [4.78, 5) is 0. The highest BCUT2D eigenvalue weighted by Gasteiger charge is 2.23. The van der Waals surface area contributed by atoms with Gasteiger partial charge >= 0.3 is 0 Å².